The number of hydrogen-bond donors (Lipinski definition) is 2. The lowest BCUT2D eigenvalue weighted by atomic mass is 9.63. The van der Waals surface area contributed by atoms with Crippen molar-refractivity contribution in [2.75, 3.05) is 6.61 Å². The topological polar surface area (TPSA) is 40.5 Å². The standard InChI is InChI=1S/C29H54O2/c1-21-18-28(22(2)16-25(20-30)19-24-10-5-4-6-11-24)23(3)17-27(21)14-9-13-26-12-7-8-15-29(26)31/h21-31H,4-20H2,1-3H3. The van der Waals surface area contributed by atoms with Crippen LogP contribution in [0.1, 0.15) is 124 Å². The van der Waals surface area contributed by atoms with Crippen molar-refractivity contribution in [3.8, 4) is 0 Å². The Morgan fingerprint density at radius 1 is 0.806 bits per heavy atom. The summed E-state index contributed by atoms with van der Waals surface area (Å²) in [5.41, 5.74) is 0. The van der Waals surface area contributed by atoms with E-state index in [2.05, 4.69) is 20.8 Å². The monoisotopic (exact) mass is 434 g/mol. The van der Waals surface area contributed by atoms with Crippen molar-refractivity contribution in [3.05, 3.63) is 0 Å². The van der Waals surface area contributed by atoms with E-state index in [1.165, 1.54) is 96.3 Å². The van der Waals surface area contributed by atoms with E-state index >= 15 is 0 Å². The van der Waals surface area contributed by atoms with Crippen LogP contribution >= 0.6 is 0 Å². The summed E-state index contributed by atoms with van der Waals surface area (Å²) >= 11 is 0. The van der Waals surface area contributed by atoms with Crippen molar-refractivity contribution < 1.29 is 10.2 Å². The predicted molar refractivity (Wildman–Crippen MR) is 132 cm³/mol. The third kappa shape index (κ3) is 7.73. The van der Waals surface area contributed by atoms with Crippen molar-refractivity contribution in [1.29, 1.82) is 0 Å². The van der Waals surface area contributed by atoms with Crippen LogP contribution in [-0.2, 0) is 0 Å². The summed E-state index contributed by atoms with van der Waals surface area (Å²) in [5.74, 6) is 6.13. The molecule has 3 rings (SSSR count). The highest BCUT2D eigenvalue weighted by Gasteiger charge is 2.36. The van der Waals surface area contributed by atoms with Gasteiger partial charge < -0.3 is 10.2 Å². The van der Waals surface area contributed by atoms with Crippen LogP contribution < -0.4 is 0 Å². The molecule has 3 aliphatic carbocycles. The lowest BCUT2D eigenvalue weighted by Gasteiger charge is -2.43. The van der Waals surface area contributed by atoms with Crippen LogP contribution in [0.15, 0.2) is 0 Å². The van der Waals surface area contributed by atoms with Gasteiger partial charge in [0.25, 0.3) is 0 Å². The van der Waals surface area contributed by atoms with Crippen molar-refractivity contribution in [3.63, 3.8) is 0 Å². The number of aliphatic hydroxyl groups is 2. The van der Waals surface area contributed by atoms with Gasteiger partial charge in [-0.25, -0.2) is 0 Å². The van der Waals surface area contributed by atoms with Crippen molar-refractivity contribution in [2.45, 2.75) is 130 Å². The fraction of sp³-hybridized carbons (Fsp3) is 1.00. The minimum Gasteiger partial charge on any atom is -0.396 e. The fourth-order valence-electron chi connectivity index (χ4n) is 7.94. The maximum atomic E-state index is 10.3. The average Bonchev–Trinajstić information content (AvgIpc) is 2.77. The Morgan fingerprint density at radius 2 is 1.48 bits per heavy atom. The summed E-state index contributed by atoms with van der Waals surface area (Å²) in [6.45, 7) is 7.91. The van der Waals surface area contributed by atoms with E-state index < -0.39 is 0 Å². The normalized spacial score (nSPS) is 37.5. The largest absolute Gasteiger partial charge is 0.396 e. The number of hydrogen-bond acceptors (Lipinski definition) is 2. The summed E-state index contributed by atoms with van der Waals surface area (Å²) in [6, 6.07) is 0. The second kappa shape index (κ2) is 13.0. The van der Waals surface area contributed by atoms with Crippen molar-refractivity contribution in [1.82, 2.24) is 0 Å². The highest BCUT2D eigenvalue weighted by molar-refractivity contribution is 4.86. The van der Waals surface area contributed by atoms with E-state index in [9.17, 15) is 10.2 Å². The van der Waals surface area contributed by atoms with Gasteiger partial charge in [0.1, 0.15) is 0 Å². The molecule has 31 heavy (non-hydrogen) atoms. The van der Waals surface area contributed by atoms with Gasteiger partial charge in [0.15, 0.2) is 0 Å². The molecule has 2 heteroatoms. The quantitative estimate of drug-likeness (QED) is 0.371. The molecule has 3 saturated carbocycles. The Labute approximate surface area is 194 Å². The maximum Gasteiger partial charge on any atom is 0.0568 e. The second-order valence-corrected chi connectivity index (χ2v) is 12.4. The zero-order valence-electron chi connectivity index (χ0n) is 21.1. The first-order valence-corrected chi connectivity index (χ1v) is 14.3. The molecule has 3 fully saturated rings. The molecule has 2 nitrogen and oxygen atoms in total. The second-order valence-electron chi connectivity index (χ2n) is 12.4. The summed E-state index contributed by atoms with van der Waals surface area (Å²) in [7, 11) is 0. The van der Waals surface area contributed by atoms with E-state index in [0.717, 1.165) is 41.9 Å². The van der Waals surface area contributed by atoms with Gasteiger partial charge >= 0.3 is 0 Å². The van der Waals surface area contributed by atoms with E-state index in [-0.39, 0.29) is 6.10 Å². The third-order valence-corrected chi connectivity index (χ3v) is 9.96. The SMILES string of the molecule is CC1CC(C(C)CC(CO)CC2CCCCC2)C(C)CC1CCCC1CCCCC1O. The van der Waals surface area contributed by atoms with Gasteiger partial charge in [0, 0.05) is 6.61 Å². The molecule has 2 N–H and O–H groups in total. The van der Waals surface area contributed by atoms with Gasteiger partial charge in [0.05, 0.1) is 6.10 Å². The van der Waals surface area contributed by atoms with Crippen LogP contribution in [0, 0.1) is 47.3 Å². The van der Waals surface area contributed by atoms with Crippen LogP contribution in [0.4, 0.5) is 0 Å². The zero-order chi connectivity index (χ0) is 22.2. The highest BCUT2D eigenvalue weighted by Crippen LogP contribution is 2.45. The third-order valence-electron chi connectivity index (χ3n) is 9.96. The van der Waals surface area contributed by atoms with Crippen molar-refractivity contribution >= 4 is 0 Å². The van der Waals surface area contributed by atoms with Crippen LogP contribution in [0.3, 0.4) is 0 Å². The molecule has 8 atom stereocenters. The molecule has 0 heterocycles. The van der Waals surface area contributed by atoms with Crippen LogP contribution in [0.25, 0.3) is 0 Å². The minimum absolute atomic E-state index is 0.0187. The molecule has 0 bridgehead atoms. The summed E-state index contributed by atoms with van der Waals surface area (Å²) in [5, 5.41) is 20.3. The first-order chi connectivity index (χ1) is 15.0. The fourth-order valence-corrected chi connectivity index (χ4v) is 7.94. The number of rotatable bonds is 10. The van der Waals surface area contributed by atoms with Crippen LogP contribution in [0.2, 0.25) is 0 Å². The van der Waals surface area contributed by atoms with Crippen LogP contribution in [0.5, 0.6) is 0 Å². The highest BCUT2D eigenvalue weighted by atomic mass is 16.3. The van der Waals surface area contributed by atoms with E-state index in [1.807, 2.05) is 0 Å². The molecule has 0 aliphatic heterocycles. The summed E-state index contributed by atoms with van der Waals surface area (Å²) in [6.07, 6.45) is 21.1. The van der Waals surface area contributed by atoms with E-state index in [4.69, 9.17) is 0 Å². The van der Waals surface area contributed by atoms with Gasteiger partial charge in [-0.3, -0.25) is 0 Å². The Balaban J connectivity index is 1.41. The minimum atomic E-state index is -0.0187. The van der Waals surface area contributed by atoms with E-state index in [1.54, 1.807) is 0 Å². The zero-order valence-corrected chi connectivity index (χ0v) is 21.1. The van der Waals surface area contributed by atoms with Gasteiger partial charge in [-0.2, -0.15) is 0 Å². The average molecular weight is 435 g/mol. The molecule has 0 aromatic rings. The lowest BCUT2D eigenvalue weighted by molar-refractivity contribution is 0.0535. The molecule has 0 amide bonds. The Morgan fingerprint density at radius 3 is 2.19 bits per heavy atom. The first-order valence-electron chi connectivity index (χ1n) is 14.3. The molecule has 0 aromatic heterocycles. The van der Waals surface area contributed by atoms with Gasteiger partial charge in [-0.05, 0) is 92.3 Å². The van der Waals surface area contributed by atoms with Gasteiger partial charge in [0.2, 0.25) is 0 Å². The first kappa shape index (κ1) is 25.5. The Hall–Kier alpha value is -0.0800. The molecule has 0 saturated heterocycles. The predicted octanol–water partition coefficient (Wildman–Crippen LogP) is 7.61. The lowest BCUT2D eigenvalue weighted by Crippen LogP contribution is -2.34. The molecular weight excluding hydrogens is 380 g/mol. The summed E-state index contributed by atoms with van der Waals surface area (Å²) in [4.78, 5) is 0. The van der Waals surface area contributed by atoms with Gasteiger partial charge in [-0.1, -0.05) is 78.6 Å². The summed E-state index contributed by atoms with van der Waals surface area (Å²) < 4.78 is 0. The molecule has 8 unspecified atom stereocenters. The number of aliphatic hydroxyl groups excluding tert-OH is 2. The Bertz CT molecular complexity index is 485. The van der Waals surface area contributed by atoms with Gasteiger partial charge in [-0.15, -0.1) is 0 Å². The maximum absolute atomic E-state index is 10.3. The molecule has 3 aliphatic rings. The Kier molecular flexibility index (Phi) is 10.7. The van der Waals surface area contributed by atoms with Crippen LogP contribution in [-0.4, -0.2) is 22.9 Å². The molecule has 0 spiro atoms. The molecule has 182 valence electrons. The molecule has 0 radical (unpaired) electrons. The van der Waals surface area contributed by atoms with Crippen molar-refractivity contribution in [2.24, 2.45) is 47.3 Å². The molecular formula is C29H54O2. The smallest absolute Gasteiger partial charge is 0.0568 e. The van der Waals surface area contributed by atoms with E-state index in [0.29, 0.717) is 18.4 Å². The molecule has 0 aromatic carbocycles.